The molecule has 0 aliphatic heterocycles. The van der Waals surface area contributed by atoms with E-state index in [0.717, 1.165) is 0 Å². The van der Waals surface area contributed by atoms with Crippen molar-refractivity contribution < 1.29 is 29.4 Å². The number of nitrogens with zero attached hydrogens (tertiary/aromatic N) is 6. The van der Waals surface area contributed by atoms with Gasteiger partial charge in [-0.25, -0.2) is 0 Å². The summed E-state index contributed by atoms with van der Waals surface area (Å²) in [6.45, 7) is -0.594. The lowest BCUT2D eigenvalue weighted by Gasteiger charge is -1.87. The van der Waals surface area contributed by atoms with Crippen molar-refractivity contribution in [1.29, 1.82) is 0 Å². The van der Waals surface area contributed by atoms with Gasteiger partial charge in [0.1, 0.15) is 19.5 Å². The molecule has 0 aromatic heterocycles. The minimum atomic E-state index is -1.11. The minimum absolute atomic E-state index is 0. The number of azide groups is 2. The van der Waals surface area contributed by atoms with Crippen LogP contribution < -0.4 is 22.1 Å². The molecule has 0 saturated carbocycles. The van der Waals surface area contributed by atoms with Gasteiger partial charge in [-0.15, -0.1) is 12.8 Å². The Morgan fingerprint density at radius 1 is 0.794 bits per heavy atom. The summed E-state index contributed by atoms with van der Waals surface area (Å²) in [5.41, 5.74) is 24.2. The molecule has 34 heavy (non-hydrogen) atoms. The van der Waals surface area contributed by atoms with Crippen LogP contribution in [0, 0.1) is 24.7 Å². The highest BCUT2D eigenvalue weighted by Gasteiger charge is 1.89. The van der Waals surface area contributed by atoms with Crippen molar-refractivity contribution in [2.45, 2.75) is 27.7 Å². The Balaban J connectivity index is -0.0000000414. The molecule has 0 atom stereocenters. The van der Waals surface area contributed by atoms with Crippen LogP contribution in [0.3, 0.4) is 0 Å². The number of carbonyl (C=O) groups excluding carboxylic acids is 2. The Morgan fingerprint density at radius 3 is 1.29 bits per heavy atom. The second kappa shape index (κ2) is 56.7. The number of likely N-dealkylation sites (N-methyl/N-ethyl adjacent to an activating group) is 1. The van der Waals surface area contributed by atoms with Crippen LogP contribution in [-0.2, 0) is 19.2 Å². The number of terminal acetylenes is 2. The molecule has 0 bridgehead atoms. The first-order chi connectivity index (χ1) is 15.2. The van der Waals surface area contributed by atoms with Gasteiger partial charge in [0.2, 0.25) is 11.8 Å². The van der Waals surface area contributed by atoms with Gasteiger partial charge in [-0.05, 0) is 25.2 Å². The lowest BCUT2D eigenvalue weighted by Crippen LogP contribution is -2.19. The normalized spacial score (nSPS) is 6.00. The van der Waals surface area contributed by atoms with Gasteiger partial charge in [0.15, 0.2) is 0 Å². The maximum atomic E-state index is 10.2. The highest BCUT2D eigenvalue weighted by atomic mass is 16.4. The van der Waals surface area contributed by atoms with Crippen molar-refractivity contribution in [3.8, 4) is 24.7 Å². The number of carbonyl (C=O) groups is 4. The van der Waals surface area contributed by atoms with Crippen molar-refractivity contribution in [2.75, 3.05) is 41.3 Å². The van der Waals surface area contributed by atoms with E-state index < -0.39 is 18.5 Å². The fraction of sp³-hybridized carbons (Fsp3) is 0.556. The third-order valence-electron chi connectivity index (χ3n) is 1.62. The number of carboxylic acid groups (broad SMARTS) is 2. The average Bonchev–Trinajstić information content (AvgIpc) is 2.80. The number of nitrogens with one attached hydrogen (secondary N) is 2. The van der Waals surface area contributed by atoms with Gasteiger partial charge < -0.3 is 32.3 Å². The summed E-state index contributed by atoms with van der Waals surface area (Å²) in [4.78, 5) is 43.9. The van der Waals surface area contributed by atoms with Crippen molar-refractivity contribution in [1.82, 2.24) is 10.6 Å². The molecule has 0 saturated heterocycles. The van der Waals surface area contributed by atoms with Crippen molar-refractivity contribution >= 4 is 23.8 Å². The Bertz CT molecular complexity index is 674. The van der Waals surface area contributed by atoms with Crippen LogP contribution in [0.2, 0.25) is 0 Å². The SMILES string of the molecule is C.C.C#CCC(=O)NC.C#CCC(=O)O.CN.CN.CNC(=O)CN=[N+]=[N-].[N-]=[N+]=NCC(=O)O. The smallest absolute Gasteiger partial charge is 0.315 e. The van der Waals surface area contributed by atoms with Gasteiger partial charge in [-0.2, -0.15) is 0 Å². The zero-order valence-electron chi connectivity index (χ0n) is 18.3. The molecule has 0 unspecified atom stereocenters. The first kappa shape index (κ1) is 51.9. The molecule has 8 N–H and O–H groups in total. The van der Waals surface area contributed by atoms with Crippen molar-refractivity contribution in [3.05, 3.63) is 20.9 Å². The molecular weight excluding hydrogens is 452 g/mol. The maximum Gasteiger partial charge on any atom is 0.315 e. The Kier molecular flexibility index (Phi) is 86.5. The van der Waals surface area contributed by atoms with Gasteiger partial charge in [0.05, 0.1) is 6.42 Å². The topological polar surface area (TPSA) is 282 Å². The van der Waals surface area contributed by atoms with E-state index in [1.54, 1.807) is 7.05 Å². The van der Waals surface area contributed by atoms with E-state index in [0.29, 0.717) is 0 Å². The summed E-state index contributed by atoms with van der Waals surface area (Å²) < 4.78 is 0. The second-order valence-corrected chi connectivity index (χ2v) is 3.67. The molecule has 0 aromatic carbocycles. The lowest BCUT2D eigenvalue weighted by atomic mass is 10.4. The number of hydrogen-bond donors (Lipinski definition) is 6. The molecule has 0 aromatic rings. The molecule has 0 aliphatic rings. The number of rotatable bonds is 6. The fourth-order valence-corrected chi connectivity index (χ4v) is 0.535. The Labute approximate surface area is 200 Å². The van der Waals surface area contributed by atoms with E-state index in [2.05, 4.69) is 54.5 Å². The molecule has 0 aliphatic carbocycles. The molecular formula is C18H38N10O6. The maximum absolute atomic E-state index is 10.2. The zero-order valence-corrected chi connectivity index (χ0v) is 18.3. The minimum Gasteiger partial charge on any atom is -0.481 e. The third kappa shape index (κ3) is 106. The van der Waals surface area contributed by atoms with Gasteiger partial charge in [-0.1, -0.05) is 36.9 Å². The second-order valence-electron chi connectivity index (χ2n) is 3.67. The van der Waals surface area contributed by atoms with Crippen LogP contribution in [-0.4, -0.2) is 75.2 Å². The lowest BCUT2D eigenvalue weighted by molar-refractivity contribution is -0.136. The largest absolute Gasteiger partial charge is 0.481 e. The van der Waals surface area contributed by atoms with E-state index >= 15 is 0 Å². The van der Waals surface area contributed by atoms with E-state index in [1.165, 1.54) is 21.1 Å². The Morgan fingerprint density at radius 2 is 1.15 bits per heavy atom. The van der Waals surface area contributed by atoms with E-state index in [1.807, 2.05) is 5.92 Å². The molecule has 0 fully saturated rings. The predicted molar refractivity (Wildman–Crippen MR) is 132 cm³/mol. The first-order valence-corrected chi connectivity index (χ1v) is 8.05. The van der Waals surface area contributed by atoms with E-state index in [-0.39, 0.29) is 46.1 Å². The number of nitrogens with two attached hydrogens (primary N) is 2. The van der Waals surface area contributed by atoms with Crippen LogP contribution in [0.1, 0.15) is 27.7 Å². The van der Waals surface area contributed by atoms with Crippen LogP contribution in [0.5, 0.6) is 0 Å². The Hall–Kier alpha value is -4.46. The monoisotopic (exact) mass is 490 g/mol. The van der Waals surface area contributed by atoms with Crippen LogP contribution >= 0.6 is 0 Å². The third-order valence-corrected chi connectivity index (χ3v) is 1.62. The predicted octanol–water partition coefficient (Wildman–Crippen LogP) is 0.696. The van der Waals surface area contributed by atoms with Gasteiger partial charge >= 0.3 is 11.9 Å². The molecule has 196 valence electrons. The quantitative estimate of drug-likeness (QED) is 0.133. The van der Waals surface area contributed by atoms with Crippen LogP contribution in [0.25, 0.3) is 20.9 Å². The average molecular weight is 491 g/mol. The van der Waals surface area contributed by atoms with Crippen molar-refractivity contribution in [2.24, 2.45) is 21.7 Å². The fourth-order valence-electron chi connectivity index (χ4n) is 0.535. The van der Waals surface area contributed by atoms with Gasteiger partial charge in [-0.3, -0.25) is 19.2 Å². The number of carboxylic acids is 2. The summed E-state index contributed by atoms with van der Waals surface area (Å²) in [5.74, 6) is 1.73. The highest BCUT2D eigenvalue weighted by Crippen LogP contribution is 1.70. The molecule has 0 rings (SSSR count). The molecule has 0 heterocycles. The molecule has 2 amide bonds. The summed E-state index contributed by atoms with van der Waals surface area (Å²) in [6, 6.07) is 0. The molecule has 16 nitrogen and oxygen atoms in total. The number of aliphatic carboxylic acids is 2. The van der Waals surface area contributed by atoms with Crippen LogP contribution in [0.15, 0.2) is 10.2 Å². The zero-order chi connectivity index (χ0) is 26.8. The van der Waals surface area contributed by atoms with Crippen LogP contribution in [0.4, 0.5) is 0 Å². The molecule has 0 radical (unpaired) electrons. The van der Waals surface area contributed by atoms with Crippen molar-refractivity contribution in [3.63, 3.8) is 0 Å². The first-order valence-electron chi connectivity index (χ1n) is 8.05. The highest BCUT2D eigenvalue weighted by molar-refractivity contribution is 5.78. The molecule has 16 heteroatoms. The standard InChI is InChI=1S/C5H7NO.C4H4O2.C3H6N4O.C2H3N3O2.2CH5N.2CH4/c1-3-4-5(7)6-2;1-2-3-4(5)6;1-5-3(8)2-6-7-4;3-5-4-1-2(6)7;2*1-2;;/h1H,4H2,2H3,(H,6,7);1H,3H2,(H,5,6);2H2,1H3,(H,5,8);1H2,(H,6,7);2*2H2,1H3;2*1H4. The number of hydrogen-bond acceptors (Lipinski definition) is 8. The van der Waals surface area contributed by atoms with E-state index in [4.69, 9.17) is 27.7 Å². The summed E-state index contributed by atoms with van der Waals surface area (Å²) in [5, 5.41) is 26.0. The summed E-state index contributed by atoms with van der Waals surface area (Å²) in [7, 11) is 6.04. The summed E-state index contributed by atoms with van der Waals surface area (Å²) >= 11 is 0. The van der Waals surface area contributed by atoms with Gasteiger partial charge in [0, 0.05) is 23.9 Å². The van der Waals surface area contributed by atoms with E-state index in [9.17, 15) is 19.2 Å². The number of amides is 2. The summed E-state index contributed by atoms with van der Waals surface area (Å²) in [6.07, 6.45) is 9.39. The van der Waals surface area contributed by atoms with Gasteiger partial charge in [0.25, 0.3) is 0 Å². The molecule has 0 spiro atoms.